The van der Waals surface area contributed by atoms with E-state index >= 15 is 0 Å². The standard InChI is InChI=1S/C15H14N6OS2/c1-3-8-21-12(19-20-15(21)23)11-9(2)17-14(24-11)18-13(22)10-6-4-5-7-16-10/h3-7H,1,8H2,2H3,(H,20,23)(H,17,18,22). The van der Waals surface area contributed by atoms with E-state index in [1.165, 1.54) is 11.3 Å². The Morgan fingerprint density at radius 3 is 3.08 bits per heavy atom. The zero-order valence-corrected chi connectivity index (χ0v) is 14.4. The van der Waals surface area contributed by atoms with Crippen LogP contribution < -0.4 is 5.32 Å². The molecule has 0 aromatic carbocycles. The van der Waals surface area contributed by atoms with Crippen molar-refractivity contribution in [3.05, 3.63) is 53.2 Å². The molecule has 0 aliphatic heterocycles. The third-order valence-corrected chi connectivity index (χ3v) is 4.57. The molecule has 24 heavy (non-hydrogen) atoms. The highest BCUT2D eigenvalue weighted by Gasteiger charge is 2.17. The van der Waals surface area contributed by atoms with Gasteiger partial charge in [0.1, 0.15) is 5.69 Å². The normalized spacial score (nSPS) is 10.5. The van der Waals surface area contributed by atoms with Crippen LogP contribution in [0.3, 0.4) is 0 Å². The van der Waals surface area contributed by atoms with Crippen molar-refractivity contribution < 1.29 is 4.79 Å². The minimum absolute atomic E-state index is 0.305. The van der Waals surface area contributed by atoms with Crippen LogP contribution in [0.15, 0.2) is 37.1 Å². The van der Waals surface area contributed by atoms with Gasteiger partial charge >= 0.3 is 0 Å². The van der Waals surface area contributed by atoms with Gasteiger partial charge in [0.2, 0.25) is 0 Å². The first-order valence-corrected chi connectivity index (χ1v) is 8.29. The molecule has 0 fully saturated rings. The Kier molecular flexibility index (Phi) is 4.63. The number of rotatable bonds is 5. The molecule has 7 nitrogen and oxygen atoms in total. The Hall–Kier alpha value is -2.65. The number of nitrogens with one attached hydrogen (secondary N) is 2. The summed E-state index contributed by atoms with van der Waals surface area (Å²) in [5, 5.41) is 10.3. The van der Waals surface area contributed by atoms with Gasteiger partial charge in [0, 0.05) is 12.7 Å². The van der Waals surface area contributed by atoms with Crippen molar-refractivity contribution in [2.24, 2.45) is 0 Å². The van der Waals surface area contributed by atoms with E-state index in [4.69, 9.17) is 12.2 Å². The summed E-state index contributed by atoms with van der Waals surface area (Å²) in [6, 6.07) is 5.16. The van der Waals surface area contributed by atoms with E-state index in [-0.39, 0.29) is 5.91 Å². The summed E-state index contributed by atoms with van der Waals surface area (Å²) < 4.78 is 2.34. The molecule has 3 rings (SSSR count). The number of anilines is 1. The summed E-state index contributed by atoms with van der Waals surface area (Å²) in [7, 11) is 0. The lowest BCUT2D eigenvalue weighted by molar-refractivity contribution is 0.102. The SMILES string of the molecule is C=CCn1c(-c2sc(NC(=O)c3ccccn3)nc2C)n[nH]c1=S. The number of aromatic amines is 1. The maximum absolute atomic E-state index is 12.2. The molecular weight excluding hydrogens is 344 g/mol. The van der Waals surface area contributed by atoms with Crippen LogP contribution in [0.1, 0.15) is 16.2 Å². The van der Waals surface area contributed by atoms with Crippen LogP contribution in [-0.2, 0) is 6.54 Å². The number of allylic oxidation sites excluding steroid dienone is 1. The molecule has 3 aromatic heterocycles. The molecule has 0 atom stereocenters. The van der Waals surface area contributed by atoms with Crippen molar-refractivity contribution in [2.45, 2.75) is 13.5 Å². The van der Waals surface area contributed by atoms with E-state index < -0.39 is 0 Å². The van der Waals surface area contributed by atoms with E-state index in [1.54, 1.807) is 30.5 Å². The maximum Gasteiger partial charge on any atom is 0.276 e. The lowest BCUT2D eigenvalue weighted by atomic mass is 10.3. The second-order valence-corrected chi connectivity index (χ2v) is 6.24. The second-order valence-electron chi connectivity index (χ2n) is 4.85. The smallest absolute Gasteiger partial charge is 0.276 e. The fourth-order valence-corrected chi connectivity index (χ4v) is 3.27. The van der Waals surface area contributed by atoms with Gasteiger partial charge in [-0.25, -0.2) is 4.98 Å². The quantitative estimate of drug-likeness (QED) is 0.540. The van der Waals surface area contributed by atoms with Crippen molar-refractivity contribution in [1.29, 1.82) is 0 Å². The highest BCUT2D eigenvalue weighted by Crippen LogP contribution is 2.31. The molecule has 0 spiro atoms. The first-order valence-electron chi connectivity index (χ1n) is 7.06. The first-order chi connectivity index (χ1) is 11.6. The molecule has 0 radical (unpaired) electrons. The van der Waals surface area contributed by atoms with Gasteiger partial charge in [0.15, 0.2) is 15.7 Å². The molecule has 1 amide bonds. The van der Waals surface area contributed by atoms with Gasteiger partial charge < -0.3 is 0 Å². The second kappa shape index (κ2) is 6.85. The predicted octanol–water partition coefficient (Wildman–Crippen LogP) is 3.21. The van der Waals surface area contributed by atoms with Crippen LogP contribution >= 0.6 is 23.6 Å². The minimum Gasteiger partial charge on any atom is -0.296 e. The number of H-pyrrole nitrogens is 1. The Morgan fingerprint density at radius 1 is 1.54 bits per heavy atom. The third-order valence-electron chi connectivity index (χ3n) is 3.19. The summed E-state index contributed by atoms with van der Waals surface area (Å²) in [6.45, 7) is 6.13. The molecule has 0 unspecified atom stereocenters. The molecular formula is C15H14N6OS2. The molecule has 3 aromatic rings. The number of amides is 1. The molecule has 122 valence electrons. The zero-order valence-electron chi connectivity index (χ0n) is 12.8. The monoisotopic (exact) mass is 358 g/mol. The van der Waals surface area contributed by atoms with Crippen LogP contribution in [0.2, 0.25) is 0 Å². The van der Waals surface area contributed by atoms with E-state index in [2.05, 4.69) is 32.1 Å². The van der Waals surface area contributed by atoms with Gasteiger partial charge in [-0.05, 0) is 31.3 Å². The number of aryl methyl sites for hydroxylation is 1. The van der Waals surface area contributed by atoms with E-state index in [9.17, 15) is 4.79 Å². The first kappa shape index (κ1) is 16.2. The van der Waals surface area contributed by atoms with Gasteiger partial charge in [-0.2, -0.15) is 5.10 Å². The number of pyridine rings is 1. The van der Waals surface area contributed by atoms with Crippen molar-refractivity contribution >= 4 is 34.6 Å². The van der Waals surface area contributed by atoms with E-state index in [1.807, 2.05) is 11.5 Å². The Labute approximate surface area is 147 Å². The highest BCUT2D eigenvalue weighted by atomic mass is 32.1. The zero-order chi connectivity index (χ0) is 17.1. The molecule has 0 aliphatic rings. The minimum atomic E-state index is -0.305. The largest absolute Gasteiger partial charge is 0.296 e. The highest BCUT2D eigenvalue weighted by molar-refractivity contribution is 7.71. The number of carbonyl (C=O) groups excluding carboxylic acids is 1. The van der Waals surface area contributed by atoms with Crippen LogP contribution in [0.5, 0.6) is 0 Å². The molecule has 0 bridgehead atoms. The molecule has 0 saturated carbocycles. The molecule has 3 heterocycles. The van der Waals surface area contributed by atoms with Gasteiger partial charge in [-0.1, -0.05) is 23.5 Å². The summed E-state index contributed by atoms with van der Waals surface area (Å²) in [6.07, 6.45) is 3.31. The molecule has 0 aliphatic carbocycles. The van der Waals surface area contributed by atoms with Gasteiger partial charge in [0.25, 0.3) is 5.91 Å². The summed E-state index contributed by atoms with van der Waals surface area (Å²) in [5.74, 6) is 0.370. The summed E-state index contributed by atoms with van der Waals surface area (Å²) in [4.78, 5) is 21.4. The Morgan fingerprint density at radius 2 is 2.38 bits per heavy atom. The topological polar surface area (TPSA) is 88.5 Å². The Balaban J connectivity index is 1.90. The van der Waals surface area contributed by atoms with Crippen molar-refractivity contribution in [1.82, 2.24) is 24.7 Å². The third kappa shape index (κ3) is 3.17. The van der Waals surface area contributed by atoms with Gasteiger partial charge in [-0.15, -0.1) is 6.58 Å². The van der Waals surface area contributed by atoms with Crippen LogP contribution in [-0.4, -0.2) is 30.6 Å². The summed E-state index contributed by atoms with van der Waals surface area (Å²) >= 11 is 6.56. The van der Waals surface area contributed by atoms with Crippen LogP contribution in [0.25, 0.3) is 10.7 Å². The molecule has 0 saturated heterocycles. The average Bonchev–Trinajstić information content (AvgIpc) is 3.12. The lowest BCUT2D eigenvalue weighted by Gasteiger charge is -2.01. The maximum atomic E-state index is 12.2. The fraction of sp³-hybridized carbons (Fsp3) is 0.133. The van der Waals surface area contributed by atoms with Crippen molar-refractivity contribution in [2.75, 3.05) is 5.32 Å². The number of hydrogen-bond acceptors (Lipinski definition) is 6. The lowest BCUT2D eigenvalue weighted by Crippen LogP contribution is -2.13. The number of aromatic nitrogens is 5. The number of hydrogen-bond donors (Lipinski definition) is 2. The summed E-state index contributed by atoms with van der Waals surface area (Å²) in [5.41, 5.74) is 1.09. The van der Waals surface area contributed by atoms with Crippen LogP contribution in [0, 0.1) is 11.7 Å². The van der Waals surface area contributed by atoms with Gasteiger partial charge in [0.05, 0.1) is 10.6 Å². The van der Waals surface area contributed by atoms with Crippen molar-refractivity contribution in [3.8, 4) is 10.7 Å². The molecule has 2 N–H and O–H groups in total. The number of nitrogens with zero attached hydrogens (tertiary/aromatic N) is 4. The predicted molar refractivity (Wildman–Crippen MR) is 95.6 cm³/mol. The average molecular weight is 358 g/mol. The number of thiazole rings is 1. The molecule has 9 heteroatoms. The van der Waals surface area contributed by atoms with Crippen LogP contribution in [0.4, 0.5) is 5.13 Å². The van der Waals surface area contributed by atoms with Gasteiger partial charge in [-0.3, -0.25) is 24.8 Å². The van der Waals surface area contributed by atoms with E-state index in [0.29, 0.717) is 28.0 Å². The van der Waals surface area contributed by atoms with E-state index in [0.717, 1.165) is 10.6 Å². The Bertz CT molecular complexity index is 941. The van der Waals surface area contributed by atoms with Crippen molar-refractivity contribution in [3.63, 3.8) is 0 Å². The number of carbonyl (C=O) groups is 1. The fourth-order valence-electron chi connectivity index (χ4n) is 2.11.